The van der Waals surface area contributed by atoms with Gasteiger partial charge in [0.2, 0.25) is 11.8 Å². The minimum Gasteiger partial charge on any atom is -0.352 e. The van der Waals surface area contributed by atoms with Gasteiger partial charge < -0.3 is 10.2 Å². The predicted molar refractivity (Wildman–Crippen MR) is 126 cm³/mol. The maximum Gasteiger partial charge on any atom is 0.243 e. The van der Waals surface area contributed by atoms with Gasteiger partial charge in [0.05, 0.1) is 6.42 Å². The Kier molecular flexibility index (Phi) is 8.39. The predicted octanol–water partition coefficient (Wildman–Crippen LogP) is 5.71. The average molecular weight is 461 g/mol. The van der Waals surface area contributed by atoms with Gasteiger partial charge in [-0.1, -0.05) is 78.9 Å². The fourth-order valence-electron chi connectivity index (χ4n) is 4.13. The molecule has 1 fully saturated rings. The number of nitrogens with zero attached hydrogens (tertiary/aromatic N) is 1. The van der Waals surface area contributed by atoms with Gasteiger partial charge in [0.25, 0.3) is 0 Å². The highest BCUT2D eigenvalue weighted by molar-refractivity contribution is 6.36. The van der Waals surface area contributed by atoms with Crippen molar-refractivity contribution in [3.05, 3.63) is 69.2 Å². The molecule has 2 amide bonds. The maximum absolute atomic E-state index is 13.5. The molecule has 0 bridgehead atoms. The Morgan fingerprint density at radius 1 is 1.06 bits per heavy atom. The van der Waals surface area contributed by atoms with Gasteiger partial charge >= 0.3 is 0 Å². The first-order chi connectivity index (χ1) is 14.9. The second-order valence-electron chi connectivity index (χ2n) is 8.30. The van der Waals surface area contributed by atoms with Gasteiger partial charge in [-0.3, -0.25) is 9.59 Å². The number of hydrogen-bond donors (Lipinski definition) is 1. The van der Waals surface area contributed by atoms with Crippen molar-refractivity contribution in [3.63, 3.8) is 0 Å². The zero-order valence-electron chi connectivity index (χ0n) is 18.2. The van der Waals surface area contributed by atoms with Crippen LogP contribution in [0.25, 0.3) is 0 Å². The molecule has 0 aromatic heterocycles. The van der Waals surface area contributed by atoms with Gasteiger partial charge in [-0.2, -0.15) is 0 Å². The number of carbonyl (C=O) groups excluding carboxylic acids is 2. The first kappa shape index (κ1) is 23.6. The Morgan fingerprint density at radius 3 is 2.26 bits per heavy atom. The highest BCUT2D eigenvalue weighted by Gasteiger charge is 2.31. The Bertz CT molecular complexity index is 888. The summed E-state index contributed by atoms with van der Waals surface area (Å²) in [5.74, 6) is -0.246. The van der Waals surface area contributed by atoms with E-state index in [-0.39, 0.29) is 24.3 Å². The SMILES string of the molecule is CC[C@H](C(=O)NC1CCCC1)N(Cc1ccc(C)cc1)C(=O)Cc1c(Cl)cccc1Cl. The molecule has 2 aromatic carbocycles. The molecule has 0 saturated heterocycles. The quantitative estimate of drug-likeness (QED) is 0.548. The summed E-state index contributed by atoms with van der Waals surface area (Å²) < 4.78 is 0. The summed E-state index contributed by atoms with van der Waals surface area (Å²) in [5.41, 5.74) is 2.72. The van der Waals surface area contributed by atoms with E-state index < -0.39 is 6.04 Å². The zero-order valence-corrected chi connectivity index (χ0v) is 19.7. The van der Waals surface area contributed by atoms with E-state index in [0.29, 0.717) is 28.6 Å². The zero-order chi connectivity index (χ0) is 22.4. The van der Waals surface area contributed by atoms with Crippen molar-refractivity contribution in [3.8, 4) is 0 Å². The summed E-state index contributed by atoms with van der Waals surface area (Å²) in [6.07, 6.45) is 4.87. The van der Waals surface area contributed by atoms with Crippen LogP contribution in [0, 0.1) is 6.92 Å². The fourth-order valence-corrected chi connectivity index (χ4v) is 4.66. The van der Waals surface area contributed by atoms with Crippen LogP contribution in [0.15, 0.2) is 42.5 Å². The monoisotopic (exact) mass is 460 g/mol. The molecule has 1 aliphatic carbocycles. The Hall–Kier alpha value is -2.04. The number of amides is 2. The van der Waals surface area contributed by atoms with Crippen LogP contribution in [0.1, 0.15) is 55.7 Å². The van der Waals surface area contributed by atoms with Gasteiger partial charge in [-0.25, -0.2) is 0 Å². The number of aryl methyl sites for hydroxylation is 1. The molecule has 0 heterocycles. The molecule has 0 radical (unpaired) electrons. The average Bonchev–Trinajstić information content (AvgIpc) is 3.25. The van der Waals surface area contributed by atoms with E-state index in [0.717, 1.165) is 36.8 Å². The molecule has 4 nitrogen and oxygen atoms in total. The summed E-state index contributed by atoms with van der Waals surface area (Å²) in [6, 6.07) is 12.9. The first-order valence-electron chi connectivity index (χ1n) is 11.0. The number of hydrogen-bond acceptors (Lipinski definition) is 2. The molecule has 3 rings (SSSR count). The van der Waals surface area contributed by atoms with E-state index in [1.165, 1.54) is 0 Å². The van der Waals surface area contributed by atoms with Crippen LogP contribution in [0.2, 0.25) is 10.0 Å². The van der Waals surface area contributed by atoms with Crippen molar-refractivity contribution in [2.24, 2.45) is 0 Å². The molecular weight excluding hydrogens is 431 g/mol. The number of carbonyl (C=O) groups is 2. The lowest BCUT2D eigenvalue weighted by Crippen LogP contribution is -2.51. The summed E-state index contributed by atoms with van der Waals surface area (Å²) in [7, 11) is 0. The topological polar surface area (TPSA) is 49.4 Å². The minimum absolute atomic E-state index is 0.0532. The number of nitrogens with one attached hydrogen (secondary N) is 1. The minimum atomic E-state index is -0.546. The summed E-state index contributed by atoms with van der Waals surface area (Å²) in [5, 5.41) is 4.08. The third-order valence-corrected chi connectivity index (χ3v) is 6.66. The highest BCUT2D eigenvalue weighted by Crippen LogP contribution is 2.26. The second-order valence-corrected chi connectivity index (χ2v) is 9.11. The lowest BCUT2D eigenvalue weighted by atomic mass is 10.1. The van der Waals surface area contributed by atoms with Crippen LogP contribution < -0.4 is 5.32 Å². The fraction of sp³-hybridized carbons (Fsp3) is 0.440. The van der Waals surface area contributed by atoms with Crippen LogP contribution >= 0.6 is 23.2 Å². The highest BCUT2D eigenvalue weighted by atomic mass is 35.5. The van der Waals surface area contributed by atoms with Crippen LogP contribution in [0.3, 0.4) is 0 Å². The molecule has 1 saturated carbocycles. The Labute approximate surface area is 194 Å². The number of halogens is 2. The van der Waals surface area contributed by atoms with Crippen molar-refractivity contribution in [2.45, 2.75) is 71.0 Å². The van der Waals surface area contributed by atoms with Crippen molar-refractivity contribution >= 4 is 35.0 Å². The summed E-state index contributed by atoms with van der Waals surface area (Å²) >= 11 is 12.6. The third kappa shape index (κ3) is 6.24. The van der Waals surface area contributed by atoms with E-state index in [4.69, 9.17) is 23.2 Å². The third-order valence-electron chi connectivity index (χ3n) is 5.95. The van der Waals surface area contributed by atoms with E-state index >= 15 is 0 Å². The lowest BCUT2D eigenvalue weighted by molar-refractivity contribution is -0.141. The standard InChI is InChI=1S/C25H30Cl2N2O2/c1-3-23(25(31)28-19-7-4-5-8-19)29(16-18-13-11-17(2)12-14-18)24(30)15-20-21(26)9-6-10-22(20)27/h6,9-14,19,23H,3-5,7-8,15-16H2,1-2H3,(H,28,31)/t23-/m1/s1. The molecule has 1 N–H and O–H groups in total. The molecule has 2 aromatic rings. The number of benzene rings is 2. The van der Waals surface area contributed by atoms with Crippen molar-refractivity contribution in [1.29, 1.82) is 0 Å². The maximum atomic E-state index is 13.5. The van der Waals surface area contributed by atoms with Crippen LogP contribution in [0.4, 0.5) is 0 Å². The molecule has 0 aliphatic heterocycles. The van der Waals surface area contributed by atoms with Crippen molar-refractivity contribution < 1.29 is 9.59 Å². The van der Waals surface area contributed by atoms with Gasteiger partial charge in [0.1, 0.15) is 6.04 Å². The molecule has 6 heteroatoms. The second kappa shape index (κ2) is 11.0. The van der Waals surface area contributed by atoms with E-state index in [2.05, 4.69) is 5.32 Å². The Morgan fingerprint density at radius 2 is 1.68 bits per heavy atom. The van der Waals surface area contributed by atoms with Crippen molar-refractivity contribution in [2.75, 3.05) is 0 Å². The van der Waals surface area contributed by atoms with Gasteiger partial charge in [0.15, 0.2) is 0 Å². The summed E-state index contributed by atoms with van der Waals surface area (Å²) in [4.78, 5) is 28.3. The van der Waals surface area contributed by atoms with E-state index in [9.17, 15) is 9.59 Å². The molecular formula is C25H30Cl2N2O2. The van der Waals surface area contributed by atoms with Gasteiger partial charge in [-0.05, 0) is 49.4 Å². The summed E-state index contributed by atoms with van der Waals surface area (Å²) in [6.45, 7) is 4.32. The van der Waals surface area contributed by atoms with Crippen LogP contribution in [-0.2, 0) is 22.6 Å². The molecule has 31 heavy (non-hydrogen) atoms. The Balaban J connectivity index is 1.85. The molecule has 1 atom stereocenters. The molecule has 166 valence electrons. The van der Waals surface area contributed by atoms with Gasteiger partial charge in [0, 0.05) is 22.6 Å². The molecule has 0 unspecified atom stereocenters. The molecule has 0 spiro atoms. The van der Waals surface area contributed by atoms with E-state index in [1.807, 2.05) is 38.1 Å². The first-order valence-corrected chi connectivity index (χ1v) is 11.7. The normalized spacial score (nSPS) is 15.0. The van der Waals surface area contributed by atoms with Gasteiger partial charge in [-0.15, -0.1) is 0 Å². The van der Waals surface area contributed by atoms with Crippen LogP contribution in [-0.4, -0.2) is 28.8 Å². The lowest BCUT2D eigenvalue weighted by Gasteiger charge is -2.32. The molecule has 1 aliphatic rings. The number of rotatable bonds is 8. The smallest absolute Gasteiger partial charge is 0.243 e. The van der Waals surface area contributed by atoms with Crippen molar-refractivity contribution in [1.82, 2.24) is 10.2 Å². The van der Waals surface area contributed by atoms with Crippen LogP contribution in [0.5, 0.6) is 0 Å². The van der Waals surface area contributed by atoms with E-state index in [1.54, 1.807) is 23.1 Å². The largest absolute Gasteiger partial charge is 0.352 e.